The van der Waals surface area contributed by atoms with Crippen LogP contribution in [0.2, 0.25) is 5.02 Å². The molecule has 0 aliphatic heterocycles. The molecule has 1 aliphatic carbocycles. The van der Waals surface area contributed by atoms with Gasteiger partial charge in [0.1, 0.15) is 11.5 Å². The van der Waals surface area contributed by atoms with Crippen molar-refractivity contribution >= 4 is 29.4 Å². The van der Waals surface area contributed by atoms with E-state index in [4.69, 9.17) is 26.2 Å². The van der Waals surface area contributed by atoms with Crippen LogP contribution in [0.1, 0.15) is 53.3 Å². The Hall–Kier alpha value is -3.26. The largest absolute Gasteiger partial charge is 0.492 e. The zero-order valence-electron chi connectivity index (χ0n) is 19.0. The fourth-order valence-corrected chi connectivity index (χ4v) is 4.01. The van der Waals surface area contributed by atoms with Gasteiger partial charge in [-0.1, -0.05) is 11.6 Å². The van der Waals surface area contributed by atoms with Gasteiger partial charge in [0.05, 0.1) is 23.7 Å². The number of nitrogens with one attached hydrogen (secondary N) is 2. The molecular formula is C25H29ClN2O6. The monoisotopic (exact) mass is 488 g/mol. The number of ether oxygens (including phenoxy) is 2. The third-order valence-electron chi connectivity index (χ3n) is 5.63. The highest BCUT2D eigenvalue weighted by atomic mass is 35.5. The van der Waals surface area contributed by atoms with E-state index in [0.29, 0.717) is 59.9 Å². The van der Waals surface area contributed by atoms with E-state index in [1.54, 1.807) is 42.5 Å². The van der Waals surface area contributed by atoms with Gasteiger partial charge in [-0.15, -0.1) is 0 Å². The van der Waals surface area contributed by atoms with Crippen LogP contribution in [0, 0.1) is 5.92 Å². The molecule has 182 valence electrons. The number of carbonyl (C=O) groups is 3. The molecule has 8 nitrogen and oxygen atoms in total. The molecule has 1 aliphatic rings. The van der Waals surface area contributed by atoms with Crippen molar-refractivity contribution in [2.24, 2.45) is 5.92 Å². The summed E-state index contributed by atoms with van der Waals surface area (Å²) in [4.78, 5) is 35.7. The van der Waals surface area contributed by atoms with Gasteiger partial charge in [0.2, 0.25) is 0 Å². The molecule has 1 saturated carbocycles. The summed E-state index contributed by atoms with van der Waals surface area (Å²) in [6.45, 7) is 2.86. The smallest absolute Gasteiger partial charge is 0.306 e. The topological polar surface area (TPSA) is 114 Å². The van der Waals surface area contributed by atoms with Crippen molar-refractivity contribution in [3.8, 4) is 11.5 Å². The van der Waals surface area contributed by atoms with Crippen LogP contribution in [0.15, 0.2) is 42.5 Å². The number of halogens is 1. The maximum atomic E-state index is 12.4. The van der Waals surface area contributed by atoms with Gasteiger partial charge in [-0.05, 0) is 75.1 Å². The lowest BCUT2D eigenvalue weighted by atomic mass is 9.87. The lowest BCUT2D eigenvalue weighted by molar-refractivity contribution is -0.143. The minimum absolute atomic E-state index is 0.0101. The normalized spacial score (nSPS) is 17.5. The Labute approximate surface area is 203 Å². The summed E-state index contributed by atoms with van der Waals surface area (Å²) < 4.78 is 11.3. The van der Waals surface area contributed by atoms with E-state index in [-0.39, 0.29) is 36.9 Å². The van der Waals surface area contributed by atoms with Crippen molar-refractivity contribution in [2.45, 2.75) is 38.7 Å². The van der Waals surface area contributed by atoms with Gasteiger partial charge in [0.25, 0.3) is 11.8 Å². The highest BCUT2D eigenvalue weighted by Gasteiger charge is 2.26. The van der Waals surface area contributed by atoms with Gasteiger partial charge in [-0.3, -0.25) is 14.4 Å². The second-order valence-electron chi connectivity index (χ2n) is 8.04. The molecule has 3 rings (SSSR count). The number of hydrogen-bond donors (Lipinski definition) is 3. The van der Waals surface area contributed by atoms with E-state index < -0.39 is 5.97 Å². The minimum Gasteiger partial charge on any atom is -0.492 e. The molecule has 0 saturated heterocycles. The lowest BCUT2D eigenvalue weighted by Crippen LogP contribution is -2.34. The fraction of sp³-hybridized carbons (Fsp3) is 0.400. The molecule has 1 fully saturated rings. The number of carboxylic acid groups (broad SMARTS) is 1. The first kappa shape index (κ1) is 25.4. The molecule has 3 N–H and O–H groups in total. The molecule has 34 heavy (non-hydrogen) atoms. The van der Waals surface area contributed by atoms with Crippen molar-refractivity contribution in [3.05, 3.63) is 58.6 Å². The van der Waals surface area contributed by atoms with Gasteiger partial charge in [-0.2, -0.15) is 0 Å². The van der Waals surface area contributed by atoms with Crippen LogP contribution in [0.4, 0.5) is 0 Å². The van der Waals surface area contributed by atoms with Crippen LogP contribution in [0.25, 0.3) is 0 Å². The van der Waals surface area contributed by atoms with Crippen LogP contribution < -0.4 is 20.1 Å². The van der Waals surface area contributed by atoms with E-state index >= 15 is 0 Å². The average Bonchev–Trinajstić information content (AvgIpc) is 2.83. The van der Waals surface area contributed by atoms with Crippen LogP contribution in [-0.2, 0) is 4.79 Å². The Morgan fingerprint density at radius 1 is 0.941 bits per heavy atom. The summed E-state index contributed by atoms with van der Waals surface area (Å²) in [6, 6.07) is 11.6. The molecule has 0 heterocycles. The van der Waals surface area contributed by atoms with Gasteiger partial charge >= 0.3 is 5.97 Å². The number of hydrogen-bond acceptors (Lipinski definition) is 5. The Morgan fingerprint density at radius 3 is 2.09 bits per heavy atom. The maximum absolute atomic E-state index is 12.4. The summed E-state index contributed by atoms with van der Waals surface area (Å²) in [5, 5.41) is 14.9. The van der Waals surface area contributed by atoms with Gasteiger partial charge in [-0.25, -0.2) is 0 Å². The molecular weight excluding hydrogens is 460 g/mol. The number of benzene rings is 2. The van der Waals surface area contributed by atoms with Crippen molar-refractivity contribution in [1.29, 1.82) is 0 Å². The van der Waals surface area contributed by atoms with Crippen molar-refractivity contribution in [1.82, 2.24) is 10.6 Å². The zero-order valence-corrected chi connectivity index (χ0v) is 19.8. The molecule has 0 spiro atoms. The summed E-state index contributed by atoms with van der Waals surface area (Å²) in [7, 11) is 0. The maximum Gasteiger partial charge on any atom is 0.306 e. The summed E-state index contributed by atoms with van der Waals surface area (Å²) in [6.07, 6.45) is 2.62. The molecule has 2 aromatic rings. The predicted octanol–water partition coefficient (Wildman–Crippen LogP) is 3.92. The number of aliphatic carboxylic acids is 1. The molecule has 0 bridgehead atoms. The molecule has 2 amide bonds. The van der Waals surface area contributed by atoms with Gasteiger partial charge < -0.3 is 25.2 Å². The van der Waals surface area contributed by atoms with Crippen molar-refractivity contribution < 1.29 is 29.0 Å². The fourth-order valence-electron chi connectivity index (χ4n) is 3.78. The van der Waals surface area contributed by atoms with E-state index in [9.17, 15) is 14.4 Å². The highest BCUT2D eigenvalue weighted by Crippen LogP contribution is 2.28. The molecule has 0 atom stereocenters. The quantitative estimate of drug-likeness (QED) is 0.437. The van der Waals surface area contributed by atoms with Gasteiger partial charge in [0.15, 0.2) is 0 Å². The first-order valence-electron chi connectivity index (χ1n) is 11.4. The number of amides is 2. The molecule has 2 aromatic carbocycles. The Bertz CT molecular complexity index is 1000. The summed E-state index contributed by atoms with van der Waals surface area (Å²) in [5.74, 6) is -0.403. The number of carbonyl (C=O) groups excluding carboxylic acids is 2. The zero-order chi connectivity index (χ0) is 24.5. The lowest BCUT2D eigenvalue weighted by Gasteiger charge is -2.26. The third kappa shape index (κ3) is 7.12. The molecule has 9 heteroatoms. The standard InChI is InChI=1S/C25H29ClN2O6/c1-2-33-22-12-7-18(15-21(22)26)24(30)28-14-13-27-23(29)16-3-8-19(9-4-16)34-20-10-5-17(6-11-20)25(31)32/h3-4,7-9,12,15,17,20H,2,5-6,10-11,13-14H2,1H3,(H,27,29)(H,28,30)(H,31,32)/t17-,20+. The third-order valence-corrected chi connectivity index (χ3v) is 5.93. The van der Waals surface area contributed by atoms with Crippen molar-refractivity contribution in [3.63, 3.8) is 0 Å². The van der Waals surface area contributed by atoms with E-state index in [1.165, 1.54) is 0 Å². The second-order valence-corrected chi connectivity index (χ2v) is 8.45. The Kier molecular flexibility index (Phi) is 9.16. The van der Waals surface area contributed by atoms with Crippen LogP contribution in [0.5, 0.6) is 11.5 Å². The summed E-state index contributed by atoms with van der Waals surface area (Å²) >= 11 is 6.11. The van der Waals surface area contributed by atoms with Crippen molar-refractivity contribution in [2.75, 3.05) is 19.7 Å². The molecule has 0 aromatic heterocycles. The van der Waals surface area contributed by atoms with Crippen LogP contribution >= 0.6 is 11.6 Å². The SMILES string of the molecule is CCOc1ccc(C(=O)NCCNC(=O)c2ccc(O[C@H]3CC[C@@H](C(=O)O)CC3)cc2)cc1Cl. The summed E-state index contributed by atoms with van der Waals surface area (Å²) in [5.41, 5.74) is 0.887. The molecule has 0 unspecified atom stereocenters. The number of rotatable bonds is 10. The first-order chi connectivity index (χ1) is 16.4. The van der Waals surface area contributed by atoms with Crippen LogP contribution in [-0.4, -0.2) is 48.7 Å². The van der Waals surface area contributed by atoms with E-state index in [1.807, 2.05) is 6.92 Å². The Balaban J connectivity index is 1.39. The first-order valence-corrected chi connectivity index (χ1v) is 11.7. The van der Waals surface area contributed by atoms with E-state index in [2.05, 4.69) is 10.6 Å². The minimum atomic E-state index is -0.742. The van der Waals surface area contributed by atoms with E-state index in [0.717, 1.165) is 0 Å². The predicted molar refractivity (Wildman–Crippen MR) is 128 cm³/mol. The average molecular weight is 489 g/mol. The van der Waals surface area contributed by atoms with Crippen LogP contribution in [0.3, 0.4) is 0 Å². The number of carboxylic acids is 1. The van der Waals surface area contributed by atoms with Gasteiger partial charge in [0, 0.05) is 24.2 Å². The second kappa shape index (κ2) is 12.3. The Morgan fingerprint density at radius 2 is 1.53 bits per heavy atom. The highest BCUT2D eigenvalue weighted by molar-refractivity contribution is 6.32. The molecule has 0 radical (unpaired) electrons.